The van der Waals surface area contributed by atoms with E-state index in [0.717, 1.165) is 5.56 Å². The van der Waals surface area contributed by atoms with Gasteiger partial charge in [0.25, 0.3) is 0 Å². The molecule has 0 aliphatic carbocycles. The molecule has 0 radical (unpaired) electrons. The van der Waals surface area contributed by atoms with E-state index < -0.39 is 11.9 Å². The molecule has 2 aromatic carbocycles. The number of para-hydroxylation sites is 1. The number of ether oxygens (including phenoxy) is 2. The Morgan fingerprint density at radius 3 is 2.62 bits per heavy atom. The zero-order valence-corrected chi connectivity index (χ0v) is 13.2. The first kappa shape index (κ1) is 16.3. The van der Waals surface area contributed by atoms with E-state index in [1.54, 1.807) is 6.07 Å². The van der Waals surface area contributed by atoms with Gasteiger partial charge in [0.05, 0.1) is 13.2 Å². The van der Waals surface area contributed by atoms with Crippen LogP contribution in [0, 0.1) is 5.82 Å². The minimum Gasteiger partial charge on any atom is -0.408 e. The van der Waals surface area contributed by atoms with E-state index in [1.807, 2.05) is 35.2 Å². The van der Waals surface area contributed by atoms with Crippen molar-refractivity contribution in [2.24, 2.45) is 0 Å². The smallest absolute Gasteiger partial charge is 0.408 e. The van der Waals surface area contributed by atoms with Gasteiger partial charge in [-0.05, 0) is 17.7 Å². The minimum atomic E-state index is -0.612. The fraction of sp³-hybridized carbons (Fsp3) is 0.278. The van der Waals surface area contributed by atoms with Gasteiger partial charge in [0.15, 0.2) is 5.75 Å². The number of morpholine rings is 1. The summed E-state index contributed by atoms with van der Waals surface area (Å²) in [6.45, 7) is 2.51. The summed E-state index contributed by atoms with van der Waals surface area (Å²) in [6, 6.07) is 14.0. The summed E-state index contributed by atoms with van der Waals surface area (Å²) < 4.78 is 24.9. The number of benzene rings is 2. The van der Waals surface area contributed by atoms with Gasteiger partial charge >= 0.3 is 6.09 Å². The largest absolute Gasteiger partial charge is 0.412 e. The Morgan fingerprint density at radius 2 is 1.88 bits per heavy atom. The molecule has 0 atom stereocenters. The molecule has 3 rings (SSSR count). The van der Waals surface area contributed by atoms with Gasteiger partial charge in [0, 0.05) is 19.6 Å². The second kappa shape index (κ2) is 7.79. The third kappa shape index (κ3) is 4.02. The molecule has 1 heterocycles. The summed E-state index contributed by atoms with van der Waals surface area (Å²) >= 11 is 0. The average molecular weight is 330 g/mol. The van der Waals surface area contributed by atoms with Crippen molar-refractivity contribution in [1.29, 1.82) is 0 Å². The molecule has 1 amide bonds. The number of nitrogens with one attached hydrogen (secondary N) is 1. The molecule has 1 saturated heterocycles. The van der Waals surface area contributed by atoms with Crippen LogP contribution in [0.1, 0.15) is 5.56 Å². The highest BCUT2D eigenvalue weighted by Gasteiger charge is 2.21. The van der Waals surface area contributed by atoms with Crippen LogP contribution in [0.2, 0.25) is 0 Å². The molecule has 5 nitrogen and oxygen atoms in total. The lowest BCUT2D eigenvalue weighted by molar-refractivity contribution is 0.122. The Morgan fingerprint density at radius 1 is 1.12 bits per heavy atom. The summed E-state index contributed by atoms with van der Waals surface area (Å²) in [7, 11) is 0. The third-order valence-electron chi connectivity index (χ3n) is 3.76. The summed E-state index contributed by atoms with van der Waals surface area (Å²) in [6.07, 6.45) is -0.612. The van der Waals surface area contributed by atoms with Crippen LogP contribution in [0.25, 0.3) is 0 Å². The molecule has 126 valence electrons. The van der Waals surface area contributed by atoms with Gasteiger partial charge in [-0.25, -0.2) is 9.18 Å². The second-order valence-corrected chi connectivity index (χ2v) is 5.41. The van der Waals surface area contributed by atoms with E-state index in [4.69, 9.17) is 9.47 Å². The van der Waals surface area contributed by atoms with Crippen LogP contribution in [-0.4, -0.2) is 32.4 Å². The topological polar surface area (TPSA) is 50.8 Å². The van der Waals surface area contributed by atoms with Crippen molar-refractivity contribution < 1.29 is 18.7 Å². The summed E-state index contributed by atoms with van der Waals surface area (Å²) in [5.41, 5.74) is 1.26. The minimum absolute atomic E-state index is 0.211. The van der Waals surface area contributed by atoms with Crippen molar-refractivity contribution in [1.82, 2.24) is 5.32 Å². The first-order valence-corrected chi connectivity index (χ1v) is 7.85. The van der Waals surface area contributed by atoms with Gasteiger partial charge in [-0.1, -0.05) is 36.4 Å². The Bertz CT molecular complexity index is 688. The maximum absolute atomic E-state index is 14.2. The van der Waals surface area contributed by atoms with Crippen LogP contribution in [0.3, 0.4) is 0 Å². The molecule has 0 saturated carbocycles. The summed E-state index contributed by atoms with van der Waals surface area (Å²) in [5.74, 6) is -0.201. The standard InChI is InChI=1S/C18H19FN2O3/c19-15-7-4-8-16(17(15)21-9-11-23-12-10-21)24-18(22)20-13-14-5-2-1-3-6-14/h1-8H,9-13H2,(H,20,22). The third-order valence-corrected chi connectivity index (χ3v) is 3.76. The first-order chi connectivity index (χ1) is 11.7. The van der Waals surface area contributed by atoms with E-state index >= 15 is 0 Å². The van der Waals surface area contributed by atoms with Crippen molar-refractivity contribution >= 4 is 11.8 Å². The number of nitrogens with zero attached hydrogens (tertiary/aromatic N) is 1. The van der Waals surface area contributed by atoms with Crippen LogP contribution in [0.4, 0.5) is 14.9 Å². The quantitative estimate of drug-likeness (QED) is 0.936. The Kier molecular flexibility index (Phi) is 5.28. The SMILES string of the molecule is O=C(NCc1ccccc1)Oc1cccc(F)c1N1CCOCC1. The van der Waals surface area contributed by atoms with Crippen molar-refractivity contribution in [2.45, 2.75) is 6.54 Å². The van der Waals surface area contributed by atoms with Gasteiger partial charge < -0.3 is 19.7 Å². The highest BCUT2D eigenvalue weighted by Crippen LogP contribution is 2.32. The molecule has 1 aliphatic rings. The zero-order valence-electron chi connectivity index (χ0n) is 13.2. The Balaban J connectivity index is 1.67. The van der Waals surface area contributed by atoms with Crippen molar-refractivity contribution in [3.8, 4) is 5.75 Å². The molecule has 0 aromatic heterocycles. The van der Waals surface area contributed by atoms with Crippen LogP contribution >= 0.6 is 0 Å². The molecule has 1 fully saturated rings. The van der Waals surface area contributed by atoms with Gasteiger partial charge in [0.1, 0.15) is 11.5 Å². The van der Waals surface area contributed by atoms with Crippen molar-refractivity contribution in [3.63, 3.8) is 0 Å². The fourth-order valence-corrected chi connectivity index (χ4v) is 2.58. The van der Waals surface area contributed by atoms with Gasteiger partial charge in [-0.15, -0.1) is 0 Å². The molecule has 24 heavy (non-hydrogen) atoms. The van der Waals surface area contributed by atoms with Crippen LogP contribution in [0.5, 0.6) is 5.75 Å². The number of hydrogen-bond donors (Lipinski definition) is 1. The maximum Gasteiger partial charge on any atom is 0.412 e. The molecular weight excluding hydrogens is 311 g/mol. The Hall–Kier alpha value is -2.60. The van der Waals surface area contributed by atoms with Crippen molar-refractivity contribution in [3.05, 3.63) is 59.9 Å². The number of halogens is 1. The van der Waals surface area contributed by atoms with Gasteiger partial charge in [-0.2, -0.15) is 0 Å². The second-order valence-electron chi connectivity index (χ2n) is 5.41. The predicted octanol–water partition coefficient (Wildman–Crippen LogP) is 2.95. The van der Waals surface area contributed by atoms with Crippen LogP contribution in [-0.2, 0) is 11.3 Å². The lowest BCUT2D eigenvalue weighted by Crippen LogP contribution is -2.37. The predicted molar refractivity (Wildman–Crippen MR) is 88.7 cm³/mol. The van der Waals surface area contributed by atoms with Crippen LogP contribution in [0.15, 0.2) is 48.5 Å². The molecule has 1 aliphatic heterocycles. The Labute approximate surface area is 140 Å². The number of carbonyl (C=O) groups is 1. The molecule has 6 heteroatoms. The van der Waals surface area contributed by atoms with Gasteiger partial charge in [-0.3, -0.25) is 0 Å². The average Bonchev–Trinajstić information content (AvgIpc) is 2.62. The number of hydrogen-bond acceptors (Lipinski definition) is 4. The summed E-state index contributed by atoms with van der Waals surface area (Å²) in [5, 5.41) is 2.67. The highest BCUT2D eigenvalue weighted by molar-refractivity contribution is 5.74. The molecular formula is C18H19FN2O3. The number of rotatable bonds is 4. The highest BCUT2D eigenvalue weighted by atomic mass is 19.1. The number of amides is 1. The molecule has 0 spiro atoms. The lowest BCUT2D eigenvalue weighted by atomic mass is 10.2. The van der Waals surface area contributed by atoms with E-state index in [2.05, 4.69) is 5.32 Å². The van der Waals surface area contributed by atoms with Crippen molar-refractivity contribution in [2.75, 3.05) is 31.2 Å². The zero-order chi connectivity index (χ0) is 16.8. The number of anilines is 1. The van der Waals surface area contributed by atoms with E-state index in [1.165, 1.54) is 12.1 Å². The molecule has 2 aromatic rings. The van der Waals surface area contributed by atoms with E-state index in [0.29, 0.717) is 38.5 Å². The lowest BCUT2D eigenvalue weighted by Gasteiger charge is -2.30. The molecule has 0 bridgehead atoms. The van der Waals surface area contributed by atoms with E-state index in [9.17, 15) is 9.18 Å². The summed E-state index contributed by atoms with van der Waals surface area (Å²) in [4.78, 5) is 13.9. The monoisotopic (exact) mass is 330 g/mol. The molecule has 0 unspecified atom stereocenters. The molecule has 1 N–H and O–H groups in total. The fourth-order valence-electron chi connectivity index (χ4n) is 2.58. The van der Waals surface area contributed by atoms with Crippen LogP contribution < -0.4 is 15.0 Å². The first-order valence-electron chi connectivity index (χ1n) is 7.85. The van der Waals surface area contributed by atoms with E-state index in [-0.39, 0.29) is 5.75 Å². The van der Waals surface area contributed by atoms with Gasteiger partial charge in [0.2, 0.25) is 0 Å². The number of carbonyl (C=O) groups excluding carboxylic acids is 1. The normalized spacial score (nSPS) is 14.3. The maximum atomic E-state index is 14.2.